The van der Waals surface area contributed by atoms with Crippen LogP contribution in [0.2, 0.25) is 10.0 Å². The number of aromatic carboxylic acids is 1. The monoisotopic (exact) mass is 600 g/mol. The van der Waals surface area contributed by atoms with E-state index in [9.17, 15) is 22.8 Å². The van der Waals surface area contributed by atoms with Gasteiger partial charge in [0, 0.05) is 28.8 Å². The van der Waals surface area contributed by atoms with Gasteiger partial charge in [-0.05, 0) is 70.6 Å². The van der Waals surface area contributed by atoms with Crippen molar-refractivity contribution in [3.8, 4) is 11.1 Å². The van der Waals surface area contributed by atoms with Gasteiger partial charge in [0.05, 0.1) is 17.5 Å². The summed E-state index contributed by atoms with van der Waals surface area (Å²) < 4.78 is 37.7. The van der Waals surface area contributed by atoms with Crippen molar-refractivity contribution in [3.05, 3.63) is 123 Å². The lowest BCUT2D eigenvalue weighted by Gasteiger charge is -2.29. The van der Waals surface area contributed by atoms with Crippen molar-refractivity contribution < 1.29 is 27.9 Å². The van der Waals surface area contributed by atoms with Gasteiger partial charge in [-0.3, -0.25) is 4.79 Å². The number of amides is 1. The fraction of sp³-hybridized carbons (Fsp3) is 0.161. The van der Waals surface area contributed by atoms with Crippen LogP contribution in [0, 0.1) is 0 Å². The van der Waals surface area contributed by atoms with Crippen LogP contribution < -0.4 is 5.73 Å². The van der Waals surface area contributed by atoms with Crippen LogP contribution in [-0.4, -0.2) is 28.4 Å². The summed E-state index contributed by atoms with van der Waals surface area (Å²) in [5, 5.41) is 10.2. The van der Waals surface area contributed by atoms with Crippen LogP contribution >= 0.6 is 23.2 Å². The maximum atomic E-state index is 12.6. The van der Waals surface area contributed by atoms with E-state index in [0.717, 1.165) is 29.3 Å². The number of carbonyl (C=O) groups is 2. The molecule has 3 N–H and O–H groups in total. The molecule has 0 bridgehead atoms. The van der Waals surface area contributed by atoms with Crippen LogP contribution in [0.3, 0.4) is 0 Å². The van der Waals surface area contributed by atoms with Crippen molar-refractivity contribution in [2.24, 2.45) is 0 Å². The van der Waals surface area contributed by atoms with Gasteiger partial charge in [-0.2, -0.15) is 13.2 Å². The number of nitrogens with two attached hydrogens (primary N) is 1. The number of anilines is 1. The number of carboxylic acid groups (broad SMARTS) is 1. The van der Waals surface area contributed by atoms with Gasteiger partial charge in [0.1, 0.15) is 0 Å². The van der Waals surface area contributed by atoms with E-state index in [2.05, 4.69) is 0 Å². The zero-order valence-electron chi connectivity index (χ0n) is 21.6. The number of halogens is 5. The third-order valence-electron chi connectivity index (χ3n) is 6.61. The Kier molecular flexibility index (Phi) is 9.25. The first-order valence-electron chi connectivity index (χ1n) is 12.5. The number of rotatable bonds is 4. The van der Waals surface area contributed by atoms with Crippen molar-refractivity contribution in [2.75, 3.05) is 12.3 Å². The molecule has 1 heterocycles. The average molecular weight is 601 g/mol. The lowest BCUT2D eigenvalue weighted by Crippen LogP contribution is -2.37. The highest BCUT2D eigenvalue weighted by Gasteiger charge is 2.32. The van der Waals surface area contributed by atoms with Crippen molar-refractivity contribution in [1.82, 2.24) is 4.90 Å². The van der Waals surface area contributed by atoms with Gasteiger partial charge in [-0.15, -0.1) is 0 Å². The average Bonchev–Trinajstić information content (AvgIpc) is 2.94. The molecule has 0 spiro atoms. The molecule has 0 atom stereocenters. The fourth-order valence-electron chi connectivity index (χ4n) is 4.49. The predicted octanol–water partition coefficient (Wildman–Crippen LogP) is 7.77. The zero-order chi connectivity index (χ0) is 29.7. The Balaban J connectivity index is 0.000000191. The quantitative estimate of drug-likeness (QED) is 0.234. The highest BCUT2D eigenvalue weighted by Crippen LogP contribution is 2.33. The maximum absolute atomic E-state index is 12.6. The second-order valence-corrected chi connectivity index (χ2v) is 10.3. The lowest BCUT2D eigenvalue weighted by atomic mass is 9.97. The van der Waals surface area contributed by atoms with Crippen molar-refractivity contribution in [1.29, 1.82) is 0 Å². The summed E-state index contributed by atoms with van der Waals surface area (Å²) in [6.45, 7) is 1.33. The largest absolute Gasteiger partial charge is 0.478 e. The maximum Gasteiger partial charge on any atom is 0.416 e. The molecular formula is C31H25Cl2F3N2O3. The Bertz CT molecular complexity index is 1580. The number of benzene rings is 4. The smallest absolute Gasteiger partial charge is 0.416 e. The van der Waals surface area contributed by atoms with Gasteiger partial charge in [0.15, 0.2) is 0 Å². The minimum atomic E-state index is -4.56. The highest BCUT2D eigenvalue weighted by molar-refractivity contribution is 6.35. The first-order valence-corrected chi connectivity index (χ1v) is 13.3. The van der Waals surface area contributed by atoms with E-state index in [0.29, 0.717) is 41.2 Å². The second-order valence-electron chi connectivity index (χ2n) is 9.44. The first-order chi connectivity index (χ1) is 19.4. The molecule has 1 aliphatic rings. The standard InChI is InChI=1S/C17H16Cl2N2O.C14H9F3O2/c18-14-3-1-12(16(19)9-14)8-17(22)21-6-5-11-7-15(20)4-2-13(11)10-21;15-14(16,17)10-6-7-11(12(8-10)13(18)19)9-4-2-1-3-5-9/h1-4,7,9H,5-6,8,10,20H2;1-8H,(H,18,19). The molecule has 1 aliphatic heterocycles. The minimum Gasteiger partial charge on any atom is -0.478 e. The number of nitrogen functional groups attached to an aromatic ring is 1. The Hall–Kier alpha value is -4.01. The van der Waals surface area contributed by atoms with Gasteiger partial charge in [-0.25, -0.2) is 4.79 Å². The zero-order valence-corrected chi connectivity index (χ0v) is 23.1. The van der Waals surface area contributed by atoms with Crippen LogP contribution in [-0.2, 0) is 30.4 Å². The number of hydrogen-bond acceptors (Lipinski definition) is 3. The van der Waals surface area contributed by atoms with Crippen LogP contribution in [0.4, 0.5) is 18.9 Å². The van der Waals surface area contributed by atoms with Gasteiger partial charge < -0.3 is 15.7 Å². The second kappa shape index (κ2) is 12.7. The van der Waals surface area contributed by atoms with Crippen molar-refractivity contribution >= 4 is 40.8 Å². The molecule has 0 aliphatic carbocycles. The van der Waals surface area contributed by atoms with Crippen LogP contribution in [0.5, 0.6) is 0 Å². The van der Waals surface area contributed by atoms with Crippen molar-refractivity contribution in [2.45, 2.75) is 25.6 Å². The molecule has 41 heavy (non-hydrogen) atoms. The Morgan fingerprint density at radius 2 is 1.63 bits per heavy atom. The van der Waals surface area contributed by atoms with E-state index >= 15 is 0 Å². The molecule has 4 aromatic rings. The third kappa shape index (κ3) is 7.60. The molecule has 5 nitrogen and oxygen atoms in total. The van der Waals surface area contributed by atoms with E-state index in [1.807, 2.05) is 23.1 Å². The summed E-state index contributed by atoms with van der Waals surface area (Å²) in [7, 11) is 0. The number of fused-ring (bicyclic) bond motifs is 1. The summed E-state index contributed by atoms with van der Waals surface area (Å²) in [6, 6.07) is 22.2. The highest BCUT2D eigenvalue weighted by atomic mass is 35.5. The van der Waals surface area contributed by atoms with Crippen LogP contribution in [0.25, 0.3) is 11.1 Å². The Morgan fingerprint density at radius 1 is 0.902 bits per heavy atom. The fourth-order valence-corrected chi connectivity index (χ4v) is 4.97. The van der Waals surface area contributed by atoms with Gasteiger partial charge >= 0.3 is 12.1 Å². The molecule has 0 unspecified atom stereocenters. The summed E-state index contributed by atoms with van der Waals surface area (Å²) in [6.07, 6.45) is -3.43. The van der Waals surface area contributed by atoms with Gasteiger partial charge in [0.2, 0.25) is 5.91 Å². The van der Waals surface area contributed by atoms with Gasteiger partial charge in [0.25, 0.3) is 0 Å². The molecule has 0 saturated carbocycles. The molecule has 0 aromatic heterocycles. The topological polar surface area (TPSA) is 83.6 Å². The van der Waals surface area contributed by atoms with Crippen LogP contribution in [0.15, 0.2) is 84.9 Å². The molecule has 212 valence electrons. The molecule has 0 radical (unpaired) electrons. The predicted molar refractivity (Wildman–Crippen MR) is 154 cm³/mol. The molecule has 4 aromatic carbocycles. The van der Waals surface area contributed by atoms with Gasteiger partial charge in [-0.1, -0.05) is 71.7 Å². The van der Waals surface area contributed by atoms with E-state index < -0.39 is 17.7 Å². The number of alkyl halides is 3. The van der Waals surface area contributed by atoms with E-state index in [-0.39, 0.29) is 17.0 Å². The number of carboxylic acids is 1. The van der Waals surface area contributed by atoms with Crippen LogP contribution in [0.1, 0.15) is 32.6 Å². The Morgan fingerprint density at radius 3 is 2.29 bits per heavy atom. The molecule has 0 fully saturated rings. The number of nitrogens with zero attached hydrogens (tertiary/aromatic N) is 1. The SMILES string of the molecule is Nc1ccc2c(c1)CCN(C(=O)Cc1ccc(Cl)cc1Cl)C2.O=C(O)c1cc(C(F)(F)F)ccc1-c1ccccc1. The molecule has 10 heteroatoms. The normalized spacial score (nSPS) is 12.7. The van der Waals surface area contributed by atoms with E-state index in [1.54, 1.807) is 48.5 Å². The minimum absolute atomic E-state index is 0.0756. The van der Waals surface area contributed by atoms with Crippen molar-refractivity contribution in [3.63, 3.8) is 0 Å². The molecule has 1 amide bonds. The summed E-state index contributed by atoms with van der Waals surface area (Å²) in [4.78, 5) is 25.5. The summed E-state index contributed by atoms with van der Waals surface area (Å²) >= 11 is 12.0. The van der Waals surface area contributed by atoms with E-state index in [4.69, 9.17) is 34.0 Å². The first kappa shape index (κ1) is 30.0. The molecular weight excluding hydrogens is 576 g/mol. The third-order valence-corrected chi connectivity index (χ3v) is 7.20. The van der Waals surface area contributed by atoms with E-state index in [1.165, 1.54) is 11.6 Å². The summed E-state index contributed by atoms with van der Waals surface area (Å²) in [5.74, 6) is -1.31. The number of carbonyl (C=O) groups excluding carboxylic acids is 1. The Labute approximate surface area is 244 Å². The molecule has 0 saturated heterocycles. The number of hydrogen-bond donors (Lipinski definition) is 2. The molecule has 5 rings (SSSR count). The summed E-state index contributed by atoms with van der Waals surface area (Å²) in [5.41, 5.74) is 9.27. The lowest BCUT2D eigenvalue weighted by molar-refractivity contribution is -0.137.